The van der Waals surface area contributed by atoms with E-state index < -0.39 is 0 Å². The van der Waals surface area contributed by atoms with Crippen LogP contribution in [-0.4, -0.2) is 12.8 Å². The topological polar surface area (TPSA) is 24.8 Å². The van der Waals surface area contributed by atoms with Gasteiger partial charge in [-0.15, -0.1) is 0 Å². The molecule has 0 saturated heterocycles. The highest BCUT2D eigenvalue weighted by molar-refractivity contribution is 5.78. The first-order valence-electron chi connectivity index (χ1n) is 7.55. The van der Waals surface area contributed by atoms with Gasteiger partial charge in [-0.05, 0) is 56.2 Å². The molecule has 3 heteroatoms. The Kier molecular flexibility index (Phi) is 3.96. The van der Waals surface area contributed by atoms with E-state index in [2.05, 4.69) is 42.8 Å². The Balaban J connectivity index is 1.86. The summed E-state index contributed by atoms with van der Waals surface area (Å²) in [5, 5.41) is 0. The number of hydrogen-bond donors (Lipinski definition) is 0. The number of nitrogens with zero attached hydrogens (tertiary/aromatic N) is 2. The summed E-state index contributed by atoms with van der Waals surface area (Å²) in [5.74, 6) is 1.74. The second kappa shape index (κ2) is 6.06. The predicted molar refractivity (Wildman–Crippen MR) is 92.2 cm³/mol. The molecule has 0 aromatic heterocycles. The van der Waals surface area contributed by atoms with Crippen LogP contribution in [0.25, 0.3) is 0 Å². The van der Waals surface area contributed by atoms with E-state index in [1.807, 2.05) is 36.4 Å². The minimum atomic E-state index is 0.821. The van der Waals surface area contributed by atoms with E-state index in [1.165, 1.54) is 11.1 Å². The number of anilines is 1. The lowest BCUT2D eigenvalue weighted by Gasteiger charge is -2.15. The van der Waals surface area contributed by atoms with Crippen molar-refractivity contribution in [3.05, 3.63) is 65.6 Å². The average molecular weight is 292 g/mol. The third-order valence-electron chi connectivity index (χ3n) is 3.86. The van der Waals surface area contributed by atoms with Gasteiger partial charge in [-0.1, -0.05) is 18.2 Å². The van der Waals surface area contributed by atoms with Gasteiger partial charge in [0.15, 0.2) is 5.75 Å². The fraction of sp³-hybridized carbons (Fsp3) is 0.211. The van der Waals surface area contributed by atoms with Crippen LogP contribution in [0.1, 0.15) is 18.1 Å². The average Bonchev–Trinajstić information content (AvgIpc) is 2.85. The van der Waals surface area contributed by atoms with Gasteiger partial charge < -0.3 is 9.64 Å². The van der Waals surface area contributed by atoms with Gasteiger partial charge in [0.05, 0.1) is 11.4 Å². The molecule has 0 spiro atoms. The molecule has 112 valence electrons. The number of para-hydroxylation sites is 1. The van der Waals surface area contributed by atoms with Crippen molar-refractivity contribution in [3.8, 4) is 5.75 Å². The normalized spacial score (nSPS) is 15.4. The molecule has 0 aliphatic carbocycles. The van der Waals surface area contributed by atoms with Crippen LogP contribution in [0.2, 0.25) is 0 Å². The summed E-state index contributed by atoms with van der Waals surface area (Å²) in [6, 6.07) is 14.2. The van der Waals surface area contributed by atoms with Gasteiger partial charge in [-0.2, -0.15) is 0 Å². The zero-order chi connectivity index (χ0) is 15.5. The van der Waals surface area contributed by atoms with E-state index >= 15 is 0 Å². The first-order valence-corrected chi connectivity index (χ1v) is 7.55. The summed E-state index contributed by atoms with van der Waals surface area (Å²) >= 11 is 0. The lowest BCUT2D eigenvalue weighted by atomic mass is 10.1. The van der Waals surface area contributed by atoms with Crippen LogP contribution >= 0.6 is 0 Å². The lowest BCUT2D eigenvalue weighted by molar-refractivity contribution is 0.440. The van der Waals surface area contributed by atoms with Crippen molar-refractivity contribution < 1.29 is 4.74 Å². The van der Waals surface area contributed by atoms with E-state index in [-0.39, 0.29) is 0 Å². The molecule has 0 atom stereocenters. The van der Waals surface area contributed by atoms with Crippen LogP contribution in [0.15, 0.2) is 59.4 Å². The Morgan fingerprint density at radius 2 is 1.82 bits per heavy atom. The molecule has 1 aliphatic heterocycles. The molecule has 0 unspecified atom stereocenters. The molecule has 3 nitrogen and oxygen atoms in total. The highest BCUT2D eigenvalue weighted by Crippen LogP contribution is 2.40. The van der Waals surface area contributed by atoms with Crippen molar-refractivity contribution >= 4 is 17.6 Å². The van der Waals surface area contributed by atoms with Gasteiger partial charge in [0.2, 0.25) is 5.88 Å². The number of ether oxygens (including phenoxy) is 1. The third kappa shape index (κ3) is 2.75. The summed E-state index contributed by atoms with van der Waals surface area (Å²) in [5.41, 5.74) is 4.59. The first kappa shape index (κ1) is 14.4. The smallest absolute Gasteiger partial charge is 0.202 e. The molecule has 0 fully saturated rings. The zero-order valence-corrected chi connectivity index (χ0v) is 13.2. The SMILES string of the molecule is CCN1C(=CC=Nc2ccccc2)Oc2cc(C)c(C)cc21. The zero-order valence-electron chi connectivity index (χ0n) is 13.2. The second-order valence-corrected chi connectivity index (χ2v) is 5.37. The summed E-state index contributed by atoms with van der Waals surface area (Å²) in [7, 11) is 0. The summed E-state index contributed by atoms with van der Waals surface area (Å²) in [4.78, 5) is 6.59. The molecule has 22 heavy (non-hydrogen) atoms. The van der Waals surface area contributed by atoms with Crippen molar-refractivity contribution in [1.82, 2.24) is 0 Å². The van der Waals surface area contributed by atoms with Gasteiger partial charge in [0.25, 0.3) is 0 Å². The van der Waals surface area contributed by atoms with E-state index in [9.17, 15) is 0 Å². The van der Waals surface area contributed by atoms with Gasteiger partial charge in [-0.3, -0.25) is 4.99 Å². The molecule has 2 aromatic carbocycles. The predicted octanol–water partition coefficient (Wildman–Crippen LogP) is 4.77. The molecule has 1 heterocycles. The van der Waals surface area contributed by atoms with E-state index in [0.29, 0.717) is 0 Å². The maximum atomic E-state index is 5.98. The highest BCUT2D eigenvalue weighted by Gasteiger charge is 2.25. The van der Waals surface area contributed by atoms with Crippen LogP contribution in [0.5, 0.6) is 5.75 Å². The number of rotatable bonds is 3. The molecule has 1 aliphatic rings. The fourth-order valence-electron chi connectivity index (χ4n) is 2.50. The highest BCUT2D eigenvalue weighted by atomic mass is 16.5. The van der Waals surface area contributed by atoms with E-state index in [1.54, 1.807) is 6.21 Å². The minimum absolute atomic E-state index is 0.821. The van der Waals surface area contributed by atoms with Crippen LogP contribution in [0.3, 0.4) is 0 Å². The Labute approximate surface area is 131 Å². The second-order valence-electron chi connectivity index (χ2n) is 5.37. The number of aryl methyl sites for hydroxylation is 2. The summed E-state index contributed by atoms with van der Waals surface area (Å²) < 4.78 is 5.98. The summed E-state index contributed by atoms with van der Waals surface area (Å²) in [6.45, 7) is 7.21. The molecule has 0 saturated carbocycles. The van der Waals surface area contributed by atoms with Crippen molar-refractivity contribution in [2.75, 3.05) is 11.4 Å². The van der Waals surface area contributed by atoms with Crippen LogP contribution in [0, 0.1) is 13.8 Å². The van der Waals surface area contributed by atoms with Crippen molar-refractivity contribution in [3.63, 3.8) is 0 Å². The maximum absolute atomic E-state index is 5.98. The molecule has 3 rings (SSSR count). The largest absolute Gasteiger partial charge is 0.439 e. The third-order valence-corrected chi connectivity index (χ3v) is 3.86. The van der Waals surface area contributed by atoms with E-state index in [4.69, 9.17) is 4.74 Å². The molecule has 0 amide bonds. The van der Waals surface area contributed by atoms with Crippen molar-refractivity contribution in [2.45, 2.75) is 20.8 Å². The van der Waals surface area contributed by atoms with Gasteiger partial charge in [0, 0.05) is 18.8 Å². The Bertz CT molecular complexity index is 733. The van der Waals surface area contributed by atoms with Crippen LogP contribution in [0.4, 0.5) is 11.4 Å². The minimum Gasteiger partial charge on any atom is -0.439 e. The quantitative estimate of drug-likeness (QED) is 0.761. The lowest BCUT2D eigenvalue weighted by Crippen LogP contribution is -2.19. The maximum Gasteiger partial charge on any atom is 0.202 e. The Morgan fingerprint density at radius 1 is 1.09 bits per heavy atom. The summed E-state index contributed by atoms with van der Waals surface area (Å²) in [6.07, 6.45) is 3.71. The monoisotopic (exact) mass is 292 g/mol. The van der Waals surface area contributed by atoms with Gasteiger partial charge >= 0.3 is 0 Å². The molecule has 2 aromatic rings. The Hall–Kier alpha value is -2.55. The standard InChI is InChI=1S/C19H20N2O/c1-4-21-17-12-14(2)15(3)13-18(17)22-19(21)10-11-20-16-8-6-5-7-9-16/h5-13H,4H2,1-3H3. The van der Waals surface area contributed by atoms with Gasteiger partial charge in [-0.25, -0.2) is 0 Å². The number of benzene rings is 2. The molecule has 0 bridgehead atoms. The number of fused-ring (bicyclic) bond motifs is 1. The first-order chi connectivity index (χ1) is 10.7. The molecule has 0 N–H and O–H groups in total. The molecule has 0 radical (unpaired) electrons. The Morgan fingerprint density at radius 3 is 2.55 bits per heavy atom. The fourth-order valence-corrected chi connectivity index (χ4v) is 2.50. The van der Waals surface area contributed by atoms with E-state index in [0.717, 1.165) is 29.6 Å². The van der Waals surface area contributed by atoms with Gasteiger partial charge in [0.1, 0.15) is 0 Å². The molecular formula is C19H20N2O. The molecular weight excluding hydrogens is 272 g/mol. The van der Waals surface area contributed by atoms with Crippen molar-refractivity contribution in [2.24, 2.45) is 4.99 Å². The van der Waals surface area contributed by atoms with Crippen LogP contribution in [-0.2, 0) is 0 Å². The number of hydrogen-bond acceptors (Lipinski definition) is 3. The van der Waals surface area contributed by atoms with Crippen molar-refractivity contribution in [1.29, 1.82) is 0 Å². The number of allylic oxidation sites excluding steroid dienone is 1. The van der Waals surface area contributed by atoms with Crippen LogP contribution < -0.4 is 9.64 Å². The number of aliphatic imine (C=N–C) groups is 1.